The van der Waals surface area contributed by atoms with Gasteiger partial charge in [0.25, 0.3) is 5.91 Å². The standard InChI is InChI=1S/C26H26FN5O3/c27-17-11-18(20-13-32(26(35)19(20)12-17)23-4-5-24(33)29-25(23)34)16-6-9-30(10-7-16)14-21-22-3-1-2-8-31(22)15-28-21/h1-3,8,11-12,15-16,23H,4-7,9-10,13-14H2,(H,29,33,34). The van der Waals surface area contributed by atoms with Crippen molar-refractivity contribution in [3.63, 3.8) is 0 Å². The number of fused-ring (bicyclic) bond motifs is 2. The van der Waals surface area contributed by atoms with E-state index in [4.69, 9.17) is 0 Å². The first-order valence-corrected chi connectivity index (χ1v) is 12.1. The van der Waals surface area contributed by atoms with E-state index >= 15 is 0 Å². The van der Waals surface area contributed by atoms with Gasteiger partial charge in [-0.3, -0.25) is 24.6 Å². The number of imidazole rings is 1. The Morgan fingerprint density at radius 2 is 1.91 bits per heavy atom. The number of nitrogens with zero attached hydrogens (tertiary/aromatic N) is 4. The Morgan fingerprint density at radius 3 is 2.71 bits per heavy atom. The number of aromatic nitrogens is 2. The molecular weight excluding hydrogens is 449 g/mol. The van der Waals surface area contributed by atoms with Crippen molar-refractivity contribution in [2.45, 2.75) is 50.7 Å². The maximum absolute atomic E-state index is 14.6. The maximum atomic E-state index is 14.6. The summed E-state index contributed by atoms with van der Waals surface area (Å²) in [5, 5.41) is 2.32. The molecule has 0 aliphatic carbocycles. The van der Waals surface area contributed by atoms with Crippen LogP contribution in [0.25, 0.3) is 5.52 Å². The second-order valence-electron chi connectivity index (χ2n) is 9.66. The predicted molar refractivity (Wildman–Crippen MR) is 125 cm³/mol. The zero-order chi connectivity index (χ0) is 24.1. The lowest BCUT2D eigenvalue weighted by Gasteiger charge is -2.33. The molecule has 1 atom stereocenters. The van der Waals surface area contributed by atoms with Crippen LogP contribution in [0.5, 0.6) is 0 Å². The van der Waals surface area contributed by atoms with Crippen LogP contribution < -0.4 is 5.32 Å². The monoisotopic (exact) mass is 475 g/mol. The van der Waals surface area contributed by atoms with Gasteiger partial charge in [0.05, 0.1) is 17.5 Å². The fraction of sp³-hybridized carbons (Fsp3) is 0.385. The normalized spacial score (nSPS) is 21.6. The fourth-order valence-corrected chi connectivity index (χ4v) is 5.75. The number of nitrogens with one attached hydrogen (secondary N) is 1. The molecule has 1 N–H and O–H groups in total. The van der Waals surface area contributed by atoms with Crippen molar-refractivity contribution in [1.82, 2.24) is 24.5 Å². The number of rotatable bonds is 4. The highest BCUT2D eigenvalue weighted by molar-refractivity contribution is 6.05. The summed E-state index contributed by atoms with van der Waals surface area (Å²) in [4.78, 5) is 45.5. The van der Waals surface area contributed by atoms with Gasteiger partial charge in [-0.1, -0.05) is 6.07 Å². The molecule has 0 saturated carbocycles. The van der Waals surface area contributed by atoms with Gasteiger partial charge >= 0.3 is 0 Å². The summed E-state index contributed by atoms with van der Waals surface area (Å²) in [6.45, 7) is 2.74. The SMILES string of the molecule is O=C1CCC(N2Cc3c(cc(F)cc3C3CCN(Cc4ncn5ccccc45)CC3)C2=O)C(=O)N1. The Hall–Kier alpha value is -3.59. The van der Waals surface area contributed by atoms with Crippen molar-refractivity contribution in [1.29, 1.82) is 0 Å². The zero-order valence-electron chi connectivity index (χ0n) is 19.2. The lowest BCUT2D eigenvalue weighted by atomic mass is 9.85. The molecule has 2 aromatic heterocycles. The van der Waals surface area contributed by atoms with E-state index in [0.29, 0.717) is 12.0 Å². The number of likely N-dealkylation sites (tertiary alicyclic amines) is 1. The van der Waals surface area contributed by atoms with Gasteiger partial charge in [0.2, 0.25) is 11.8 Å². The lowest BCUT2D eigenvalue weighted by molar-refractivity contribution is -0.136. The van der Waals surface area contributed by atoms with E-state index in [9.17, 15) is 18.8 Å². The molecule has 0 bridgehead atoms. The van der Waals surface area contributed by atoms with Crippen LogP contribution >= 0.6 is 0 Å². The van der Waals surface area contributed by atoms with Crippen molar-refractivity contribution in [2.24, 2.45) is 0 Å². The van der Waals surface area contributed by atoms with Gasteiger partial charge in [-0.25, -0.2) is 9.37 Å². The van der Waals surface area contributed by atoms with Crippen molar-refractivity contribution < 1.29 is 18.8 Å². The second kappa shape index (κ2) is 8.57. The maximum Gasteiger partial charge on any atom is 0.255 e. The van der Waals surface area contributed by atoms with Gasteiger partial charge in [-0.2, -0.15) is 0 Å². The molecule has 3 amide bonds. The van der Waals surface area contributed by atoms with E-state index in [1.165, 1.54) is 11.0 Å². The summed E-state index contributed by atoms with van der Waals surface area (Å²) in [5.41, 5.74) is 4.18. The summed E-state index contributed by atoms with van der Waals surface area (Å²) in [6.07, 6.45) is 6.02. The Kier molecular flexibility index (Phi) is 5.36. The van der Waals surface area contributed by atoms with E-state index in [-0.39, 0.29) is 30.7 Å². The van der Waals surface area contributed by atoms with E-state index < -0.39 is 17.8 Å². The van der Waals surface area contributed by atoms with Crippen molar-refractivity contribution >= 4 is 23.2 Å². The average Bonchev–Trinajstić information content (AvgIpc) is 3.40. The molecule has 0 radical (unpaired) electrons. The van der Waals surface area contributed by atoms with Gasteiger partial charge in [-0.05, 0) is 73.7 Å². The van der Waals surface area contributed by atoms with Gasteiger partial charge < -0.3 is 9.30 Å². The smallest absolute Gasteiger partial charge is 0.255 e. The number of benzene rings is 1. The van der Waals surface area contributed by atoms with Crippen molar-refractivity contribution in [3.05, 3.63) is 71.1 Å². The lowest BCUT2D eigenvalue weighted by Crippen LogP contribution is -2.52. The quantitative estimate of drug-likeness (QED) is 0.587. The molecule has 1 unspecified atom stereocenters. The minimum Gasteiger partial charge on any atom is -0.322 e. The molecule has 3 aliphatic rings. The van der Waals surface area contributed by atoms with Gasteiger partial charge in [0.1, 0.15) is 11.9 Å². The highest BCUT2D eigenvalue weighted by Gasteiger charge is 2.41. The molecule has 3 aromatic rings. The first-order valence-electron chi connectivity index (χ1n) is 12.1. The van der Waals surface area contributed by atoms with E-state index in [0.717, 1.165) is 54.8 Å². The van der Waals surface area contributed by atoms with E-state index in [2.05, 4.69) is 21.3 Å². The molecule has 6 rings (SSSR count). The highest BCUT2D eigenvalue weighted by Crippen LogP contribution is 2.38. The van der Waals surface area contributed by atoms with Crippen LogP contribution in [0.3, 0.4) is 0 Å². The number of hydrogen-bond acceptors (Lipinski definition) is 5. The topological polar surface area (TPSA) is 87.0 Å². The van der Waals surface area contributed by atoms with Crippen LogP contribution in [-0.2, 0) is 22.7 Å². The summed E-state index contributed by atoms with van der Waals surface area (Å²) in [7, 11) is 0. The largest absolute Gasteiger partial charge is 0.322 e. The third-order valence-corrected chi connectivity index (χ3v) is 7.58. The number of imide groups is 1. The molecule has 180 valence electrons. The van der Waals surface area contributed by atoms with Crippen molar-refractivity contribution in [3.8, 4) is 0 Å². The number of pyridine rings is 1. The highest BCUT2D eigenvalue weighted by atomic mass is 19.1. The number of halogens is 1. The Balaban J connectivity index is 1.18. The van der Waals surface area contributed by atoms with Gasteiger partial charge in [-0.15, -0.1) is 0 Å². The molecule has 0 spiro atoms. The Labute approximate surface area is 201 Å². The van der Waals surface area contributed by atoms with Crippen LogP contribution in [0.4, 0.5) is 4.39 Å². The number of amides is 3. The molecule has 2 fully saturated rings. The molecule has 2 saturated heterocycles. The number of hydrogen-bond donors (Lipinski definition) is 1. The van der Waals surface area contributed by atoms with Gasteiger partial charge in [0, 0.05) is 31.3 Å². The molecule has 8 nitrogen and oxygen atoms in total. The van der Waals surface area contributed by atoms with Gasteiger partial charge in [0.15, 0.2) is 0 Å². The summed E-state index contributed by atoms with van der Waals surface area (Å²) >= 11 is 0. The van der Waals surface area contributed by atoms with Crippen molar-refractivity contribution in [2.75, 3.05) is 13.1 Å². The molecule has 3 aliphatic heterocycles. The molecule has 1 aromatic carbocycles. The van der Waals surface area contributed by atoms with Crippen LogP contribution in [0, 0.1) is 5.82 Å². The number of carbonyl (C=O) groups is 3. The van der Waals surface area contributed by atoms with E-state index in [1.807, 2.05) is 29.1 Å². The third kappa shape index (κ3) is 3.89. The number of carbonyl (C=O) groups excluding carboxylic acids is 3. The molecule has 9 heteroatoms. The molecular formula is C26H26FN5O3. The second-order valence-corrected chi connectivity index (χ2v) is 9.66. The first kappa shape index (κ1) is 21.9. The summed E-state index contributed by atoms with van der Waals surface area (Å²) in [5.74, 6) is -1.39. The fourth-order valence-electron chi connectivity index (χ4n) is 5.75. The molecule has 35 heavy (non-hydrogen) atoms. The van der Waals surface area contributed by atoms with Crippen LogP contribution in [0.15, 0.2) is 42.9 Å². The Morgan fingerprint density at radius 1 is 1.09 bits per heavy atom. The minimum atomic E-state index is -0.699. The Bertz CT molecular complexity index is 1340. The summed E-state index contributed by atoms with van der Waals surface area (Å²) < 4.78 is 16.6. The first-order chi connectivity index (χ1) is 17.0. The average molecular weight is 476 g/mol. The third-order valence-electron chi connectivity index (χ3n) is 7.58. The minimum absolute atomic E-state index is 0.143. The zero-order valence-corrected chi connectivity index (χ0v) is 19.2. The summed E-state index contributed by atoms with van der Waals surface area (Å²) in [6, 6.07) is 8.20. The van der Waals surface area contributed by atoms with E-state index in [1.54, 1.807) is 6.07 Å². The van der Waals surface area contributed by atoms with Crippen LogP contribution in [0.2, 0.25) is 0 Å². The molecule has 5 heterocycles. The van der Waals surface area contributed by atoms with Crippen LogP contribution in [0.1, 0.15) is 58.8 Å². The predicted octanol–water partition coefficient (Wildman–Crippen LogP) is 2.61. The number of piperidine rings is 2. The van der Waals surface area contributed by atoms with Crippen LogP contribution in [-0.4, -0.2) is 56.0 Å².